The number of nitrogens with one attached hydrogen (secondary N) is 1. The molecule has 8 nitrogen and oxygen atoms in total. The van der Waals surface area contributed by atoms with Crippen LogP contribution in [0.1, 0.15) is 29.9 Å². The van der Waals surface area contributed by atoms with Crippen LogP contribution in [-0.2, 0) is 6.54 Å². The normalized spacial score (nSPS) is 11.6. The van der Waals surface area contributed by atoms with E-state index >= 15 is 0 Å². The summed E-state index contributed by atoms with van der Waals surface area (Å²) in [5.74, 6) is -0.815. The predicted molar refractivity (Wildman–Crippen MR) is 101 cm³/mol. The molecule has 27 heavy (non-hydrogen) atoms. The summed E-state index contributed by atoms with van der Waals surface area (Å²) in [4.78, 5) is 25.0. The van der Waals surface area contributed by atoms with Crippen LogP contribution in [0.4, 0.5) is 0 Å². The molecule has 0 spiro atoms. The molecule has 0 atom stereocenters. The van der Waals surface area contributed by atoms with E-state index in [2.05, 4.69) is 15.6 Å². The van der Waals surface area contributed by atoms with E-state index < -0.39 is 5.91 Å². The number of aromatic nitrogens is 2. The third kappa shape index (κ3) is 3.50. The van der Waals surface area contributed by atoms with Gasteiger partial charge < -0.3 is 10.2 Å². The summed E-state index contributed by atoms with van der Waals surface area (Å²) < 4.78 is 1.22. The minimum Gasteiger partial charge on any atom is -0.508 e. The summed E-state index contributed by atoms with van der Waals surface area (Å²) >= 11 is 0. The van der Waals surface area contributed by atoms with E-state index in [4.69, 9.17) is 0 Å². The fourth-order valence-corrected chi connectivity index (χ4v) is 2.69. The van der Waals surface area contributed by atoms with Crippen molar-refractivity contribution in [3.63, 3.8) is 0 Å². The molecule has 0 aliphatic heterocycles. The SMILES string of the molecule is CCn1nc(C(=O)N/N=C(\C)c2ccc(O)cc2O)c2ccccc2c1=O. The first-order valence-electron chi connectivity index (χ1n) is 8.29. The largest absolute Gasteiger partial charge is 0.508 e. The maximum absolute atomic E-state index is 12.6. The summed E-state index contributed by atoms with van der Waals surface area (Å²) in [6.07, 6.45) is 0. The third-order valence-corrected chi connectivity index (χ3v) is 4.08. The Morgan fingerprint density at radius 2 is 1.89 bits per heavy atom. The van der Waals surface area contributed by atoms with Gasteiger partial charge in [-0.25, -0.2) is 10.1 Å². The number of benzene rings is 2. The first kappa shape index (κ1) is 18.1. The van der Waals surface area contributed by atoms with E-state index in [0.29, 0.717) is 28.6 Å². The number of rotatable bonds is 4. The number of fused-ring (bicyclic) bond motifs is 1. The second-order valence-corrected chi connectivity index (χ2v) is 5.85. The number of amides is 1. The maximum atomic E-state index is 12.6. The van der Waals surface area contributed by atoms with Crippen LogP contribution in [0, 0.1) is 0 Å². The van der Waals surface area contributed by atoms with Crippen LogP contribution in [-0.4, -0.2) is 31.6 Å². The van der Waals surface area contributed by atoms with E-state index in [9.17, 15) is 19.8 Å². The van der Waals surface area contributed by atoms with E-state index in [1.165, 1.54) is 22.9 Å². The van der Waals surface area contributed by atoms with Crippen LogP contribution in [0.15, 0.2) is 52.4 Å². The van der Waals surface area contributed by atoms with Crippen molar-refractivity contribution >= 4 is 22.4 Å². The molecule has 0 radical (unpaired) electrons. The lowest BCUT2D eigenvalue weighted by Crippen LogP contribution is -2.28. The lowest BCUT2D eigenvalue weighted by atomic mass is 10.1. The number of aromatic hydroxyl groups is 2. The molecule has 3 rings (SSSR count). The number of phenolic OH excluding ortho intramolecular Hbond substituents is 2. The highest BCUT2D eigenvalue weighted by Gasteiger charge is 2.16. The Labute approximate surface area is 154 Å². The van der Waals surface area contributed by atoms with Crippen LogP contribution in [0.5, 0.6) is 11.5 Å². The number of phenols is 2. The molecule has 0 saturated carbocycles. The monoisotopic (exact) mass is 366 g/mol. The third-order valence-electron chi connectivity index (χ3n) is 4.08. The van der Waals surface area contributed by atoms with Gasteiger partial charge in [-0.1, -0.05) is 18.2 Å². The van der Waals surface area contributed by atoms with Crippen molar-refractivity contribution in [1.82, 2.24) is 15.2 Å². The Kier molecular flexibility index (Phi) is 4.89. The number of hydrazone groups is 1. The summed E-state index contributed by atoms with van der Waals surface area (Å²) in [7, 11) is 0. The Morgan fingerprint density at radius 1 is 1.19 bits per heavy atom. The first-order valence-corrected chi connectivity index (χ1v) is 8.29. The lowest BCUT2D eigenvalue weighted by Gasteiger charge is -2.09. The summed E-state index contributed by atoms with van der Waals surface area (Å²) in [6.45, 7) is 3.69. The van der Waals surface area contributed by atoms with Crippen molar-refractivity contribution in [2.24, 2.45) is 5.10 Å². The Balaban J connectivity index is 1.97. The van der Waals surface area contributed by atoms with Crippen LogP contribution >= 0.6 is 0 Å². The van der Waals surface area contributed by atoms with Gasteiger partial charge in [0, 0.05) is 23.6 Å². The zero-order valence-electron chi connectivity index (χ0n) is 14.8. The van der Waals surface area contributed by atoms with Crippen molar-refractivity contribution in [3.8, 4) is 11.5 Å². The van der Waals surface area contributed by atoms with Gasteiger partial charge in [0.25, 0.3) is 11.5 Å². The molecule has 8 heteroatoms. The zero-order chi connectivity index (χ0) is 19.6. The molecule has 1 amide bonds. The number of aryl methyl sites for hydroxylation is 1. The summed E-state index contributed by atoms with van der Waals surface area (Å²) in [6, 6.07) is 10.8. The van der Waals surface area contributed by atoms with E-state index in [0.717, 1.165) is 0 Å². The first-order chi connectivity index (χ1) is 12.9. The number of nitrogens with zero attached hydrogens (tertiary/aromatic N) is 3. The van der Waals surface area contributed by atoms with Crippen LogP contribution in [0.25, 0.3) is 10.8 Å². The fourth-order valence-electron chi connectivity index (χ4n) is 2.69. The summed E-state index contributed by atoms with van der Waals surface area (Å²) in [5.41, 5.74) is 2.92. The van der Waals surface area contributed by atoms with Gasteiger partial charge in [-0.2, -0.15) is 10.2 Å². The van der Waals surface area contributed by atoms with Gasteiger partial charge in [-0.05, 0) is 32.0 Å². The van der Waals surface area contributed by atoms with Crippen LogP contribution < -0.4 is 11.0 Å². The standard InChI is InChI=1S/C19H18N4O4/c1-3-23-19(27)15-7-5-4-6-14(15)17(22-23)18(26)21-20-11(2)13-9-8-12(24)10-16(13)25/h4-10,24-25H,3H2,1-2H3,(H,21,26)/b20-11+. The molecular formula is C19H18N4O4. The van der Waals surface area contributed by atoms with Gasteiger partial charge in [-0.15, -0.1) is 0 Å². The van der Waals surface area contributed by atoms with Crippen LogP contribution in [0.3, 0.4) is 0 Å². The van der Waals surface area contributed by atoms with E-state index in [1.54, 1.807) is 38.1 Å². The number of carbonyl (C=O) groups is 1. The Hall–Kier alpha value is -3.68. The molecular weight excluding hydrogens is 348 g/mol. The zero-order valence-corrected chi connectivity index (χ0v) is 14.8. The fraction of sp³-hybridized carbons (Fsp3) is 0.158. The maximum Gasteiger partial charge on any atom is 0.292 e. The van der Waals surface area contributed by atoms with Crippen molar-refractivity contribution in [1.29, 1.82) is 0 Å². The van der Waals surface area contributed by atoms with Gasteiger partial charge in [0.05, 0.1) is 11.1 Å². The molecule has 0 saturated heterocycles. The van der Waals surface area contributed by atoms with Crippen molar-refractivity contribution in [2.75, 3.05) is 0 Å². The second kappa shape index (κ2) is 7.28. The molecule has 1 heterocycles. The van der Waals surface area contributed by atoms with Crippen molar-refractivity contribution in [2.45, 2.75) is 20.4 Å². The summed E-state index contributed by atoms with van der Waals surface area (Å²) in [5, 5.41) is 28.2. The molecule has 0 aliphatic rings. The molecule has 3 N–H and O–H groups in total. The van der Waals surface area contributed by atoms with Crippen molar-refractivity contribution in [3.05, 3.63) is 64.1 Å². The Bertz CT molecular complexity index is 1120. The smallest absolute Gasteiger partial charge is 0.292 e. The minimum atomic E-state index is -0.578. The lowest BCUT2D eigenvalue weighted by molar-refractivity contribution is 0.0949. The molecule has 2 aromatic carbocycles. The average Bonchev–Trinajstić information content (AvgIpc) is 2.66. The molecule has 3 aromatic rings. The topological polar surface area (TPSA) is 117 Å². The van der Waals surface area contributed by atoms with Gasteiger partial charge in [0.2, 0.25) is 0 Å². The second-order valence-electron chi connectivity index (χ2n) is 5.85. The van der Waals surface area contributed by atoms with Crippen LogP contribution in [0.2, 0.25) is 0 Å². The van der Waals surface area contributed by atoms with Gasteiger partial charge >= 0.3 is 0 Å². The number of carbonyl (C=O) groups excluding carboxylic acids is 1. The predicted octanol–water partition coefficient (Wildman–Crippen LogP) is 1.98. The molecule has 138 valence electrons. The molecule has 0 aliphatic carbocycles. The highest BCUT2D eigenvalue weighted by Crippen LogP contribution is 2.23. The number of hydrogen-bond donors (Lipinski definition) is 3. The van der Waals surface area contributed by atoms with E-state index in [-0.39, 0.29) is 22.8 Å². The van der Waals surface area contributed by atoms with Gasteiger partial charge in [0.1, 0.15) is 11.5 Å². The van der Waals surface area contributed by atoms with E-state index in [1.807, 2.05) is 0 Å². The number of hydrogen-bond acceptors (Lipinski definition) is 6. The highest BCUT2D eigenvalue weighted by atomic mass is 16.3. The quantitative estimate of drug-likeness (QED) is 0.482. The Morgan fingerprint density at radius 3 is 2.56 bits per heavy atom. The molecule has 0 bridgehead atoms. The van der Waals surface area contributed by atoms with Crippen molar-refractivity contribution < 1.29 is 15.0 Å². The average molecular weight is 366 g/mol. The van der Waals surface area contributed by atoms with Gasteiger partial charge in [-0.3, -0.25) is 9.59 Å². The minimum absolute atomic E-state index is 0.0782. The van der Waals surface area contributed by atoms with Gasteiger partial charge in [0.15, 0.2) is 5.69 Å². The molecule has 0 fully saturated rings. The molecule has 0 unspecified atom stereocenters. The molecule has 1 aromatic heterocycles. The highest BCUT2D eigenvalue weighted by molar-refractivity contribution is 6.06.